The fourth-order valence-electron chi connectivity index (χ4n) is 4.11. The van der Waals surface area contributed by atoms with E-state index < -0.39 is 18.3 Å². The van der Waals surface area contributed by atoms with Crippen LogP contribution in [0.25, 0.3) is 16.5 Å². The molecule has 5 nitrogen and oxygen atoms in total. The largest absolute Gasteiger partial charge is 0.495 e. The van der Waals surface area contributed by atoms with Crippen LogP contribution in [0.2, 0.25) is 0 Å². The summed E-state index contributed by atoms with van der Waals surface area (Å²) in [4.78, 5) is 13.3. The van der Waals surface area contributed by atoms with E-state index in [4.69, 9.17) is 9.31 Å². The lowest BCUT2D eigenvalue weighted by Gasteiger charge is -2.32. The zero-order valence-corrected chi connectivity index (χ0v) is 18.2. The molecule has 6 heteroatoms. The minimum Gasteiger partial charge on any atom is -0.399 e. The maximum atomic E-state index is 13.3. The van der Waals surface area contributed by atoms with Crippen molar-refractivity contribution in [3.05, 3.63) is 64.1 Å². The second kappa shape index (κ2) is 6.53. The summed E-state index contributed by atoms with van der Waals surface area (Å²) in [6.45, 7) is 10.1. The highest BCUT2D eigenvalue weighted by atomic mass is 16.7. The maximum absolute atomic E-state index is 13.3. The van der Waals surface area contributed by atoms with Gasteiger partial charge >= 0.3 is 7.12 Å². The summed E-state index contributed by atoms with van der Waals surface area (Å²) >= 11 is 0. The van der Waals surface area contributed by atoms with Crippen molar-refractivity contribution in [2.24, 2.45) is 0 Å². The third-order valence-corrected chi connectivity index (χ3v) is 6.94. The molecule has 2 aliphatic rings. The highest BCUT2D eigenvalue weighted by Crippen LogP contribution is 2.40. The van der Waals surface area contributed by atoms with Gasteiger partial charge in [0.25, 0.3) is 5.56 Å². The van der Waals surface area contributed by atoms with Crippen LogP contribution in [0.1, 0.15) is 57.6 Å². The maximum Gasteiger partial charge on any atom is 0.495 e. The third kappa shape index (κ3) is 3.01. The Morgan fingerprint density at radius 3 is 2.43 bits per heavy atom. The van der Waals surface area contributed by atoms with Gasteiger partial charge in [0, 0.05) is 5.39 Å². The normalized spacial score (nSPS) is 20.1. The summed E-state index contributed by atoms with van der Waals surface area (Å²) in [5.41, 5.74) is 2.96. The number of hydrogen-bond acceptors (Lipinski definition) is 4. The van der Waals surface area contributed by atoms with Crippen molar-refractivity contribution in [2.75, 3.05) is 0 Å². The quantitative estimate of drug-likeness (QED) is 0.625. The summed E-state index contributed by atoms with van der Waals surface area (Å²) in [7, 11) is -0.479. The molecular formula is C24H27BN2O3. The van der Waals surface area contributed by atoms with Crippen molar-refractivity contribution in [1.82, 2.24) is 9.78 Å². The topological polar surface area (TPSA) is 53.4 Å². The lowest BCUT2D eigenvalue weighted by molar-refractivity contribution is 0.00578. The average molecular weight is 402 g/mol. The number of fused-ring (bicyclic) bond motifs is 1. The van der Waals surface area contributed by atoms with Gasteiger partial charge in [-0.25, -0.2) is 0 Å². The van der Waals surface area contributed by atoms with Crippen molar-refractivity contribution >= 4 is 23.4 Å². The third-order valence-electron chi connectivity index (χ3n) is 6.94. The van der Waals surface area contributed by atoms with Crippen molar-refractivity contribution in [2.45, 2.75) is 64.6 Å². The molecule has 2 heterocycles. The molecule has 1 aliphatic carbocycles. The van der Waals surface area contributed by atoms with E-state index in [0.29, 0.717) is 11.3 Å². The SMILES string of the molecule is Cc1c(B2OC(C)(C)C(C)(C)O2)cccc1-n1ncc2cc(C3CC3)ccc2c1=O. The lowest BCUT2D eigenvalue weighted by Crippen LogP contribution is -2.41. The first-order valence-electron chi connectivity index (χ1n) is 10.7. The minimum atomic E-state index is -0.479. The molecule has 0 atom stereocenters. The monoisotopic (exact) mass is 402 g/mol. The fourth-order valence-corrected chi connectivity index (χ4v) is 4.11. The van der Waals surface area contributed by atoms with Crippen LogP contribution in [0, 0.1) is 6.92 Å². The van der Waals surface area contributed by atoms with Crippen LogP contribution in [-0.2, 0) is 9.31 Å². The Labute approximate surface area is 177 Å². The zero-order valence-electron chi connectivity index (χ0n) is 18.2. The molecule has 1 saturated heterocycles. The van der Waals surface area contributed by atoms with E-state index >= 15 is 0 Å². The minimum absolute atomic E-state index is 0.107. The number of aromatic nitrogens is 2. The molecule has 1 saturated carbocycles. The lowest BCUT2D eigenvalue weighted by atomic mass is 9.76. The van der Waals surface area contributed by atoms with Crippen LogP contribution in [-0.4, -0.2) is 28.1 Å². The Bertz CT molecular complexity index is 1190. The van der Waals surface area contributed by atoms with Crippen LogP contribution < -0.4 is 11.0 Å². The summed E-state index contributed by atoms with van der Waals surface area (Å²) in [5, 5.41) is 6.10. The zero-order chi connectivity index (χ0) is 21.3. The molecule has 2 aromatic carbocycles. The Hall–Kier alpha value is -2.44. The molecule has 2 fully saturated rings. The van der Waals surface area contributed by atoms with Crippen molar-refractivity contribution in [3.63, 3.8) is 0 Å². The predicted octanol–water partition coefficient (Wildman–Crippen LogP) is 3.87. The molecule has 3 aromatic rings. The van der Waals surface area contributed by atoms with Gasteiger partial charge in [-0.3, -0.25) is 4.79 Å². The van der Waals surface area contributed by atoms with E-state index in [1.165, 1.54) is 23.1 Å². The van der Waals surface area contributed by atoms with Gasteiger partial charge < -0.3 is 9.31 Å². The van der Waals surface area contributed by atoms with Gasteiger partial charge in [0.05, 0.1) is 28.5 Å². The number of benzene rings is 2. The second-order valence-electron chi connectivity index (χ2n) is 9.56. The fraction of sp³-hybridized carbons (Fsp3) is 0.417. The van der Waals surface area contributed by atoms with Gasteiger partial charge in [0.1, 0.15) is 0 Å². The highest BCUT2D eigenvalue weighted by molar-refractivity contribution is 6.62. The molecule has 0 amide bonds. The van der Waals surface area contributed by atoms with Gasteiger partial charge in [0.15, 0.2) is 0 Å². The van der Waals surface area contributed by atoms with Crippen molar-refractivity contribution < 1.29 is 9.31 Å². The van der Waals surface area contributed by atoms with Crippen LogP contribution in [0.3, 0.4) is 0 Å². The van der Waals surface area contributed by atoms with Gasteiger partial charge in [-0.05, 0) is 88.2 Å². The van der Waals surface area contributed by atoms with Crippen molar-refractivity contribution in [1.29, 1.82) is 0 Å². The second-order valence-corrected chi connectivity index (χ2v) is 9.56. The highest BCUT2D eigenvalue weighted by Gasteiger charge is 2.52. The van der Waals surface area contributed by atoms with E-state index in [9.17, 15) is 4.79 Å². The molecule has 1 aromatic heterocycles. The van der Waals surface area contributed by atoms with Crippen LogP contribution in [0.15, 0.2) is 47.4 Å². The van der Waals surface area contributed by atoms with Crippen molar-refractivity contribution in [3.8, 4) is 5.69 Å². The summed E-state index contributed by atoms with van der Waals surface area (Å²) in [5.74, 6) is 0.649. The standard InChI is InChI=1S/C24H27BN2O3/c1-15-20(25-29-23(2,3)24(4,5)30-25)7-6-8-21(15)27-22(28)19-12-11-17(16-9-10-16)13-18(19)14-26-27/h6-8,11-14,16H,9-10H2,1-5H3. The van der Waals surface area contributed by atoms with E-state index in [1.807, 2.05) is 58.9 Å². The molecular weight excluding hydrogens is 375 g/mol. The summed E-state index contributed by atoms with van der Waals surface area (Å²) in [6.07, 6.45) is 4.27. The van der Waals surface area contributed by atoms with Gasteiger partial charge in [-0.15, -0.1) is 0 Å². The first kappa shape index (κ1) is 19.5. The van der Waals surface area contributed by atoms with Crippen LogP contribution in [0.5, 0.6) is 0 Å². The van der Waals surface area contributed by atoms with Gasteiger partial charge in [-0.1, -0.05) is 18.2 Å². The summed E-state index contributed by atoms with van der Waals surface area (Å²) < 4.78 is 14.0. The molecule has 0 radical (unpaired) electrons. The van der Waals surface area contributed by atoms with Crippen LogP contribution >= 0.6 is 0 Å². The smallest absolute Gasteiger partial charge is 0.399 e. The Morgan fingerprint density at radius 1 is 1.07 bits per heavy atom. The molecule has 0 unspecified atom stereocenters. The molecule has 5 rings (SSSR count). The Balaban J connectivity index is 1.57. The van der Waals surface area contributed by atoms with E-state index in [2.05, 4.69) is 17.2 Å². The van der Waals surface area contributed by atoms with E-state index in [1.54, 1.807) is 6.20 Å². The number of nitrogens with zero attached hydrogens (tertiary/aromatic N) is 2. The first-order chi connectivity index (χ1) is 14.2. The summed E-state index contributed by atoms with van der Waals surface area (Å²) in [6, 6.07) is 12.0. The molecule has 30 heavy (non-hydrogen) atoms. The Kier molecular flexibility index (Phi) is 4.25. The van der Waals surface area contributed by atoms with Crippen LogP contribution in [0.4, 0.5) is 0 Å². The van der Waals surface area contributed by atoms with Gasteiger partial charge in [0.2, 0.25) is 0 Å². The van der Waals surface area contributed by atoms with Gasteiger partial charge in [-0.2, -0.15) is 9.78 Å². The predicted molar refractivity (Wildman–Crippen MR) is 120 cm³/mol. The number of rotatable bonds is 3. The Morgan fingerprint density at radius 2 is 1.77 bits per heavy atom. The molecule has 154 valence electrons. The van der Waals surface area contributed by atoms with E-state index in [0.717, 1.165) is 22.1 Å². The molecule has 1 aliphatic heterocycles. The molecule has 0 spiro atoms. The molecule has 0 N–H and O–H groups in total. The number of hydrogen-bond donors (Lipinski definition) is 0. The first-order valence-corrected chi connectivity index (χ1v) is 10.7. The molecule has 0 bridgehead atoms. The van der Waals surface area contributed by atoms with E-state index in [-0.39, 0.29) is 5.56 Å². The average Bonchev–Trinajstić information content (AvgIpc) is 3.50.